The standard InChI is InChI=1S/C16H18N4O/c1-12-9-16(21-19-12)10-18-13(2)14-3-5-15(6-4-14)20-8-7-17-11-20/h3-9,11,13,18H,10H2,1-2H3. The lowest BCUT2D eigenvalue weighted by Gasteiger charge is -2.13. The summed E-state index contributed by atoms with van der Waals surface area (Å²) in [7, 11) is 0. The Balaban J connectivity index is 1.63. The van der Waals surface area contributed by atoms with Crippen LogP contribution in [0.5, 0.6) is 0 Å². The second-order valence-electron chi connectivity index (χ2n) is 5.10. The average molecular weight is 282 g/mol. The zero-order valence-electron chi connectivity index (χ0n) is 12.2. The fraction of sp³-hybridized carbons (Fsp3) is 0.250. The minimum atomic E-state index is 0.243. The molecule has 0 spiro atoms. The van der Waals surface area contributed by atoms with E-state index in [4.69, 9.17) is 4.52 Å². The van der Waals surface area contributed by atoms with Gasteiger partial charge in [-0.15, -0.1) is 0 Å². The molecule has 5 nitrogen and oxygen atoms in total. The Kier molecular flexibility index (Phi) is 3.83. The van der Waals surface area contributed by atoms with E-state index in [1.165, 1.54) is 5.56 Å². The molecule has 1 N–H and O–H groups in total. The Morgan fingerprint density at radius 1 is 1.29 bits per heavy atom. The quantitative estimate of drug-likeness (QED) is 0.781. The van der Waals surface area contributed by atoms with Crippen molar-refractivity contribution in [3.63, 3.8) is 0 Å². The number of nitrogens with zero attached hydrogens (tertiary/aromatic N) is 3. The van der Waals surface area contributed by atoms with E-state index in [0.29, 0.717) is 6.54 Å². The monoisotopic (exact) mass is 282 g/mol. The third-order valence-electron chi connectivity index (χ3n) is 3.45. The highest BCUT2D eigenvalue weighted by molar-refractivity contribution is 5.35. The maximum atomic E-state index is 5.20. The highest BCUT2D eigenvalue weighted by atomic mass is 16.5. The van der Waals surface area contributed by atoms with Crippen LogP contribution in [0.25, 0.3) is 5.69 Å². The summed E-state index contributed by atoms with van der Waals surface area (Å²) in [6, 6.07) is 10.6. The fourth-order valence-electron chi connectivity index (χ4n) is 2.22. The molecule has 2 aromatic heterocycles. The maximum absolute atomic E-state index is 5.20. The second-order valence-corrected chi connectivity index (χ2v) is 5.10. The van der Waals surface area contributed by atoms with Gasteiger partial charge in [0.15, 0.2) is 5.76 Å². The molecule has 1 unspecified atom stereocenters. The van der Waals surface area contributed by atoms with Crippen molar-refractivity contribution in [3.8, 4) is 5.69 Å². The summed E-state index contributed by atoms with van der Waals surface area (Å²) in [4.78, 5) is 4.06. The molecular weight excluding hydrogens is 264 g/mol. The minimum absolute atomic E-state index is 0.243. The van der Waals surface area contributed by atoms with Crippen molar-refractivity contribution in [2.45, 2.75) is 26.4 Å². The van der Waals surface area contributed by atoms with Gasteiger partial charge >= 0.3 is 0 Å². The molecule has 0 saturated carbocycles. The van der Waals surface area contributed by atoms with Crippen molar-refractivity contribution in [3.05, 3.63) is 66.1 Å². The van der Waals surface area contributed by atoms with Crippen LogP contribution in [-0.2, 0) is 6.54 Å². The third kappa shape index (κ3) is 3.20. The van der Waals surface area contributed by atoms with Gasteiger partial charge in [-0.2, -0.15) is 0 Å². The van der Waals surface area contributed by atoms with Gasteiger partial charge in [-0.25, -0.2) is 4.98 Å². The molecule has 21 heavy (non-hydrogen) atoms. The van der Waals surface area contributed by atoms with Crippen molar-refractivity contribution in [2.75, 3.05) is 0 Å². The van der Waals surface area contributed by atoms with E-state index in [9.17, 15) is 0 Å². The maximum Gasteiger partial charge on any atom is 0.150 e. The second kappa shape index (κ2) is 5.93. The summed E-state index contributed by atoms with van der Waals surface area (Å²) in [6.45, 7) is 4.73. The number of imidazole rings is 1. The predicted octanol–water partition coefficient (Wildman–Crippen LogP) is 3.02. The molecule has 1 atom stereocenters. The molecule has 3 rings (SSSR count). The lowest BCUT2D eigenvalue weighted by atomic mass is 10.1. The largest absolute Gasteiger partial charge is 0.360 e. The summed E-state index contributed by atoms with van der Waals surface area (Å²) in [5, 5.41) is 7.31. The van der Waals surface area contributed by atoms with E-state index in [2.05, 4.69) is 46.6 Å². The molecule has 5 heteroatoms. The van der Waals surface area contributed by atoms with Gasteiger partial charge in [0.2, 0.25) is 0 Å². The molecule has 0 aliphatic carbocycles. The molecular formula is C16H18N4O. The summed E-state index contributed by atoms with van der Waals surface area (Å²) >= 11 is 0. The average Bonchev–Trinajstić information content (AvgIpc) is 3.16. The first-order valence-corrected chi connectivity index (χ1v) is 6.96. The Morgan fingerprint density at radius 3 is 2.71 bits per heavy atom. The van der Waals surface area contributed by atoms with E-state index >= 15 is 0 Å². The lowest BCUT2D eigenvalue weighted by molar-refractivity contribution is 0.363. The van der Waals surface area contributed by atoms with Crippen LogP contribution < -0.4 is 5.32 Å². The van der Waals surface area contributed by atoms with Gasteiger partial charge in [-0.3, -0.25) is 0 Å². The fourth-order valence-corrected chi connectivity index (χ4v) is 2.22. The van der Waals surface area contributed by atoms with Gasteiger partial charge in [-0.05, 0) is 31.5 Å². The number of aryl methyl sites for hydroxylation is 1. The van der Waals surface area contributed by atoms with E-state index in [1.54, 1.807) is 12.5 Å². The molecule has 2 heterocycles. The topological polar surface area (TPSA) is 55.9 Å². The van der Waals surface area contributed by atoms with Gasteiger partial charge in [0, 0.05) is 30.2 Å². The number of hydrogen-bond donors (Lipinski definition) is 1. The predicted molar refractivity (Wildman–Crippen MR) is 80.1 cm³/mol. The van der Waals surface area contributed by atoms with Gasteiger partial charge in [0.05, 0.1) is 18.6 Å². The van der Waals surface area contributed by atoms with Crippen LogP contribution in [0.2, 0.25) is 0 Å². The summed E-state index contributed by atoms with van der Waals surface area (Å²) < 4.78 is 7.18. The number of rotatable bonds is 5. The van der Waals surface area contributed by atoms with Crippen molar-refractivity contribution in [1.29, 1.82) is 0 Å². The highest BCUT2D eigenvalue weighted by Crippen LogP contribution is 2.16. The first-order chi connectivity index (χ1) is 10.2. The first-order valence-electron chi connectivity index (χ1n) is 6.96. The SMILES string of the molecule is Cc1cc(CNC(C)c2ccc(-n3ccnc3)cc2)on1. The Morgan fingerprint density at radius 2 is 2.10 bits per heavy atom. The molecule has 1 aromatic carbocycles. The van der Waals surface area contributed by atoms with E-state index in [0.717, 1.165) is 17.1 Å². The summed E-state index contributed by atoms with van der Waals surface area (Å²) in [5.74, 6) is 0.856. The van der Waals surface area contributed by atoms with Crippen LogP contribution >= 0.6 is 0 Å². The smallest absolute Gasteiger partial charge is 0.150 e. The molecule has 0 bridgehead atoms. The molecule has 0 amide bonds. The molecule has 3 aromatic rings. The number of nitrogens with one attached hydrogen (secondary N) is 1. The van der Waals surface area contributed by atoms with Crippen molar-refractivity contribution < 1.29 is 4.52 Å². The van der Waals surface area contributed by atoms with Crippen LogP contribution in [0.1, 0.15) is 30.0 Å². The molecule has 0 aliphatic heterocycles. The van der Waals surface area contributed by atoms with Crippen LogP contribution in [0.3, 0.4) is 0 Å². The highest BCUT2D eigenvalue weighted by Gasteiger charge is 2.07. The van der Waals surface area contributed by atoms with Crippen LogP contribution in [0, 0.1) is 6.92 Å². The number of aromatic nitrogens is 3. The van der Waals surface area contributed by atoms with E-state index in [1.807, 2.05) is 23.8 Å². The molecule has 0 radical (unpaired) electrons. The van der Waals surface area contributed by atoms with Crippen LogP contribution in [0.15, 0.2) is 53.6 Å². The summed E-state index contributed by atoms with van der Waals surface area (Å²) in [6.07, 6.45) is 5.50. The zero-order chi connectivity index (χ0) is 14.7. The number of benzene rings is 1. The van der Waals surface area contributed by atoms with Crippen LogP contribution in [-0.4, -0.2) is 14.7 Å². The summed E-state index contributed by atoms with van der Waals surface area (Å²) in [5.41, 5.74) is 3.24. The number of hydrogen-bond acceptors (Lipinski definition) is 4. The Bertz CT molecular complexity index is 685. The molecule has 108 valence electrons. The van der Waals surface area contributed by atoms with Gasteiger partial charge in [0.1, 0.15) is 0 Å². The van der Waals surface area contributed by atoms with Gasteiger partial charge in [-0.1, -0.05) is 17.3 Å². The van der Waals surface area contributed by atoms with Crippen molar-refractivity contribution >= 4 is 0 Å². The van der Waals surface area contributed by atoms with Crippen molar-refractivity contribution in [2.24, 2.45) is 0 Å². The third-order valence-corrected chi connectivity index (χ3v) is 3.45. The van der Waals surface area contributed by atoms with Gasteiger partial charge in [0.25, 0.3) is 0 Å². The zero-order valence-corrected chi connectivity index (χ0v) is 12.2. The molecule has 0 saturated heterocycles. The lowest BCUT2D eigenvalue weighted by Crippen LogP contribution is -2.17. The van der Waals surface area contributed by atoms with E-state index in [-0.39, 0.29) is 6.04 Å². The normalized spacial score (nSPS) is 12.5. The molecule has 0 aliphatic rings. The Hall–Kier alpha value is -2.40. The minimum Gasteiger partial charge on any atom is -0.360 e. The Labute approximate surface area is 123 Å². The first kappa shape index (κ1) is 13.6. The van der Waals surface area contributed by atoms with Crippen LogP contribution in [0.4, 0.5) is 0 Å². The van der Waals surface area contributed by atoms with E-state index < -0.39 is 0 Å². The van der Waals surface area contributed by atoms with Crippen molar-refractivity contribution in [1.82, 2.24) is 20.0 Å². The van der Waals surface area contributed by atoms with Gasteiger partial charge < -0.3 is 14.4 Å². The molecule has 0 fully saturated rings.